The predicted molar refractivity (Wildman–Crippen MR) is 50.9 cm³/mol. The highest BCUT2D eigenvalue weighted by Gasteiger charge is 2.03. The lowest BCUT2D eigenvalue weighted by molar-refractivity contribution is 0.184. The van der Waals surface area contributed by atoms with Gasteiger partial charge in [-0.25, -0.2) is 0 Å². The Morgan fingerprint density at radius 2 is 2.42 bits per heavy atom. The SMILES string of the molecule is CC(O)CCc1cc(Br)nn1C. The number of rotatable bonds is 3. The summed E-state index contributed by atoms with van der Waals surface area (Å²) in [6.07, 6.45) is 1.41. The number of hydrogen-bond acceptors (Lipinski definition) is 2. The van der Waals surface area contributed by atoms with Crippen molar-refractivity contribution in [1.29, 1.82) is 0 Å². The molecule has 0 bridgehead atoms. The minimum absolute atomic E-state index is 0.237. The van der Waals surface area contributed by atoms with E-state index >= 15 is 0 Å². The van der Waals surface area contributed by atoms with Crippen LogP contribution in [0.25, 0.3) is 0 Å². The van der Waals surface area contributed by atoms with Crippen LogP contribution in [0.15, 0.2) is 10.7 Å². The molecule has 0 aliphatic rings. The Hall–Kier alpha value is -0.350. The van der Waals surface area contributed by atoms with E-state index in [9.17, 15) is 0 Å². The van der Waals surface area contributed by atoms with Crippen LogP contribution >= 0.6 is 15.9 Å². The molecule has 3 nitrogen and oxygen atoms in total. The molecule has 0 saturated carbocycles. The molecular formula is C8H13BrN2O. The highest BCUT2D eigenvalue weighted by atomic mass is 79.9. The summed E-state index contributed by atoms with van der Waals surface area (Å²) in [4.78, 5) is 0. The van der Waals surface area contributed by atoms with Gasteiger partial charge in [-0.05, 0) is 41.8 Å². The number of hydrogen-bond donors (Lipinski definition) is 1. The van der Waals surface area contributed by atoms with Crippen LogP contribution in [0, 0.1) is 0 Å². The van der Waals surface area contributed by atoms with E-state index in [1.165, 1.54) is 0 Å². The van der Waals surface area contributed by atoms with Crippen molar-refractivity contribution in [3.8, 4) is 0 Å². The predicted octanol–water partition coefficient (Wildman–Crippen LogP) is 1.50. The van der Waals surface area contributed by atoms with E-state index in [1.807, 2.05) is 17.8 Å². The molecule has 68 valence electrons. The van der Waals surface area contributed by atoms with E-state index < -0.39 is 0 Å². The third kappa shape index (κ3) is 2.60. The summed E-state index contributed by atoms with van der Waals surface area (Å²) < 4.78 is 2.68. The zero-order chi connectivity index (χ0) is 9.14. The van der Waals surface area contributed by atoms with Crippen LogP contribution in [0.3, 0.4) is 0 Å². The maximum atomic E-state index is 9.07. The minimum Gasteiger partial charge on any atom is -0.393 e. The molecule has 0 aliphatic heterocycles. The van der Waals surface area contributed by atoms with Gasteiger partial charge in [-0.3, -0.25) is 4.68 Å². The monoisotopic (exact) mass is 232 g/mol. The summed E-state index contributed by atoms with van der Waals surface area (Å²) in [5.41, 5.74) is 1.14. The minimum atomic E-state index is -0.237. The summed E-state index contributed by atoms with van der Waals surface area (Å²) >= 11 is 3.30. The molecule has 0 saturated heterocycles. The molecule has 0 radical (unpaired) electrons. The molecule has 1 aromatic heterocycles. The molecule has 12 heavy (non-hydrogen) atoms. The Labute approximate surface area is 80.5 Å². The van der Waals surface area contributed by atoms with Gasteiger partial charge in [0.1, 0.15) is 4.60 Å². The van der Waals surface area contributed by atoms with Crippen molar-refractivity contribution >= 4 is 15.9 Å². The second-order valence-corrected chi connectivity index (χ2v) is 3.78. The molecule has 0 aromatic carbocycles. The van der Waals surface area contributed by atoms with Crippen molar-refractivity contribution in [3.05, 3.63) is 16.4 Å². The topological polar surface area (TPSA) is 38.1 Å². The van der Waals surface area contributed by atoms with Gasteiger partial charge in [0.05, 0.1) is 6.10 Å². The van der Waals surface area contributed by atoms with Crippen LogP contribution < -0.4 is 0 Å². The Kier molecular flexibility index (Phi) is 3.29. The average Bonchev–Trinajstić information content (AvgIpc) is 2.26. The highest BCUT2D eigenvalue weighted by Crippen LogP contribution is 2.11. The number of aromatic nitrogens is 2. The number of nitrogens with zero attached hydrogens (tertiary/aromatic N) is 2. The molecule has 0 fully saturated rings. The third-order valence-electron chi connectivity index (χ3n) is 1.77. The Bertz CT molecular complexity index is 258. The highest BCUT2D eigenvalue weighted by molar-refractivity contribution is 9.10. The smallest absolute Gasteiger partial charge is 0.128 e. The van der Waals surface area contributed by atoms with Crippen LogP contribution in [0.1, 0.15) is 19.0 Å². The molecule has 4 heteroatoms. The summed E-state index contributed by atoms with van der Waals surface area (Å²) in [7, 11) is 1.90. The fraction of sp³-hybridized carbons (Fsp3) is 0.625. The van der Waals surface area contributed by atoms with Crippen LogP contribution in [-0.2, 0) is 13.5 Å². The van der Waals surface area contributed by atoms with Crippen LogP contribution in [0.2, 0.25) is 0 Å². The maximum Gasteiger partial charge on any atom is 0.128 e. The number of aliphatic hydroxyl groups excluding tert-OH is 1. The zero-order valence-electron chi connectivity index (χ0n) is 7.29. The van der Waals surface area contributed by atoms with Crippen molar-refractivity contribution in [2.75, 3.05) is 0 Å². The maximum absolute atomic E-state index is 9.07. The standard InChI is InChI=1S/C8H13BrN2O/c1-6(12)3-4-7-5-8(9)10-11(7)2/h5-6,12H,3-4H2,1-2H3. The Morgan fingerprint density at radius 3 is 2.83 bits per heavy atom. The second kappa shape index (κ2) is 4.05. The molecule has 1 unspecified atom stereocenters. The summed E-state index contributed by atoms with van der Waals surface area (Å²) in [6.45, 7) is 1.80. The number of halogens is 1. The second-order valence-electron chi connectivity index (χ2n) is 2.97. The van der Waals surface area contributed by atoms with Crippen molar-refractivity contribution in [1.82, 2.24) is 9.78 Å². The summed E-state index contributed by atoms with van der Waals surface area (Å²) in [5.74, 6) is 0. The van der Waals surface area contributed by atoms with Gasteiger partial charge < -0.3 is 5.11 Å². The largest absolute Gasteiger partial charge is 0.393 e. The molecule has 1 N–H and O–H groups in total. The number of aryl methyl sites for hydroxylation is 2. The van der Waals surface area contributed by atoms with E-state index in [1.54, 1.807) is 6.92 Å². The van der Waals surface area contributed by atoms with Gasteiger partial charge in [-0.1, -0.05) is 0 Å². The fourth-order valence-corrected chi connectivity index (χ4v) is 1.56. The first-order valence-electron chi connectivity index (χ1n) is 3.96. The lowest BCUT2D eigenvalue weighted by atomic mass is 10.2. The number of aliphatic hydroxyl groups is 1. The summed E-state index contributed by atoms with van der Waals surface area (Å²) in [6, 6.07) is 1.97. The molecule has 0 aliphatic carbocycles. The lowest BCUT2D eigenvalue weighted by Gasteiger charge is -2.03. The average molecular weight is 233 g/mol. The van der Waals surface area contributed by atoms with Gasteiger partial charge in [0.15, 0.2) is 0 Å². The zero-order valence-corrected chi connectivity index (χ0v) is 8.87. The normalized spacial score (nSPS) is 13.3. The van der Waals surface area contributed by atoms with Gasteiger partial charge in [0, 0.05) is 12.7 Å². The van der Waals surface area contributed by atoms with Crippen LogP contribution in [-0.4, -0.2) is 21.0 Å². The molecule has 0 amide bonds. The molecule has 1 aromatic rings. The van der Waals surface area contributed by atoms with E-state index in [4.69, 9.17) is 5.11 Å². The first-order valence-corrected chi connectivity index (χ1v) is 4.75. The van der Waals surface area contributed by atoms with E-state index in [2.05, 4.69) is 21.0 Å². The van der Waals surface area contributed by atoms with Gasteiger partial charge in [-0.2, -0.15) is 5.10 Å². The molecule has 1 heterocycles. The van der Waals surface area contributed by atoms with Crippen LogP contribution in [0.5, 0.6) is 0 Å². The molecule has 1 atom stereocenters. The van der Waals surface area contributed by atoms with E-state index in [0.29, 0.717) is 0 Å². The summed E-state index contributed by atoms with van der Waals surface area (Å²) in [5, 5.41) is 13.2. The Morgan fingerprint density at radius 1 is 1.75 bits per heavy atom. The molecular weight excluding hydrogens is 220 g/mol. The van der Waals surface area contributed by atoms with Crippen LogP contribution in [0.4, 0.5) is 0 Å². The van der Waals surface area contributed by atoms with Gasteiger partial charge in [-0.15, -0.1) is 0 Å². The van der Waals surface area contributed by atoms with Crippen molar-refractivity contribution < 1.29 is 5.11 Å². The fourth-order valence-electron chi connectivity index (χ4n) is 1.06. The van der Waals surface area contributed by atoms with Gasteiger partial charge >= 0.3 is 0 Å². The van der Waals surface area contributed by atoms with Crippen molar-refractivity contribution in [3.63, 3.8) is 0 Å². The van der Waals surface area contributed by atoms with E-state index in [0.717, 1.165) is 23.1 Å². The van der Waals surface area contributed by atoms with Crippen molar-refractivity contribution in [2.45, 2.75) is 25.9 Å². The first-order chi connectivity index (χ1) is 5.59. The molecule has 0 spiro atoms. The van der Waals surface area contributed by atoms with Gasteiger partial charge in [0.25, 0.3) is 0 Å². The molecule has 1 rings (SSSR count). The Balaban J connectivity index is 2.57. The van der Waals surface area contributed by atoms with Crippen molar-refractivity contribution in [2.24, 2.45) is 7.05 Å². The van der Waals surface area contributed by atoms with E-state index in [-0.39, 0.29) is 6.10 Å². The van der Waals surface area contributed by atoms with Gasteiger partial charge in [0.2, 0.25) is 0 Å². The third-order valence-corrected chi connectivity index (χ3v) is 2.15. The first kappa shape index (κ1) is 9.74. The lowest BCUT2D eigenvalue weighted by Crippen LogP contribution is -2.04. The quantitative estimate of drug-likeness (QED) is 0.858.